The van der Waals surface area contributed by atoms with Crippen LogP contribution in [0.4, 0.5) is 0 Å². The molecule has 0 saturated heterocycles. The van der Waals surface area contributed by atoms with E-state index in [2.05, 4.69) is 17.2 Å². The minimum Gasteiger partial charge on any atom is -0.296 e. The van der Waals surface area contributed by atoms with Gasteiger partial charge in [-0.25, -0.2) is 4.68 Å². The van der Waals surface area contributed by atoms with Crippen LogP contribution >= 0.6 is 0 Å². The maximum absolute atomic E-state index is 11.0. The first-order chi connectivity index (χ1) is 8.36. The second kappa shape index (κ2) is 5.39. The molecule has 1 aromatic carbocycles. The lowest BCUT2D eigenvalue weighted by molar-refractivity contribution is 0.111. The maximum Gasteiger partial charge on any atom is 0.172 e. The van der Waals surface area contributed by atoms with Gasteiger partial charge in [-0.1, -0.05) is 48.9 Å². The van der Waals surface area contributed by atoms with E-state index in [1.165, 1.54) is 0 Å². The SMILES string of the molecule is CCCCn1nnc(C=O)c1-c1ccccc1. The number of carbonyl (C=O) groups is 1. The molecule has 0 atom stereocenters. The monoisotopic (exact) mass is 229 g/mol. The number of benzene rings is 1. The zero-order valence-corrected chi connectivity index (χ0v) is 9.84. The first-order valence-corrected chi connectivity index (χ1v) is 5.81. The molecule has 0 N–H and O–H groups in total. The molecule has 2 rings (SSSR count). The molecule has 0 aliphatic heterocycles. The molecule has 1 heterocycles. The molecule has 0 unspecified atom stereocenters. The van der Waals surface area contributed by atoms with E-state index >= 15 is 0 Å². The minimum atomic E-state index is 0.410. The topological polar surface area (TPSA) is 47.8 Å². The molecule has 4 heteroatoms. The largest absolute Gasteiger partial charge is 0.296 e. The molecule has 0 bridgehead atoms. The molecule has 4 nitrogen and oxygen atoms in total. The van der Waals surface area contributed by atoms with Gasteiger partial charge in [0.15, 0.2) is 12.0 Å². The van der Waals surface area contributed by atoms with Crippen LogP contribution in [0.1, 0.15) is 30.3 Å². The van der Waals surface area contributed by atoms with Gasteiger partial charge < -0.3 is 0 Å². The normalized spacial score (nSPS) is 10.4. The van der Waals surface area contributed by atoms with E-state index in [4.69, 9.17) is 0 Å². The van der Waals surface area contributed by atoms with Gasteiger partial charge in [0.25, 0.3) is 0 Å². The Morgan fingerprint density at radius 3 is 2.71 bits per heavy atom. The number of nitrogens with zero attached hydrogens (tertiary/aromatic N) is 3. The van der Waals surface area contributed by atoms with Crippen molar-refractivity contribution in [1.29, 1.82) is 0 Å². The smallest absolute Gasteiger partial charge is 0.172 e. The average Bonchev–Trinajstić information content (AvgIpc) is 2.80. The molecular weight excluding hydrogens is 214 g/mol. The van der Waals surface area contributed by atoms with Crippen molar-refractivity contribution in [1.82, 2.24) is 15.0 Å². The van der Waals surface area contributed by atoms with Crippen LogP contribution in [0.3, 0.4) is 0 Å². The molecule has 2 aromatic rings. The predicted molar refractivity (Wildman–Crippen MR) is 65.8 cm³/mol. The number of aldehydes is 1. The molecule has 88 valence electrons. The standard InChI is InChI=1S/C13H15N3O/c1-2-3-9-16-13(12(10-17)14-15-16)11-7-5-4-6-8-11/h4-8,10H,2-3,9H2,1H3. The van der Waals surface area contributed by atoms with Crippen molar-refractivity contribution in [3.8, 4) is 11.3 Å². The Kier molecular flexibility index (Phi) is 3.65. The van der Waals surface area contributed by atoms with Gasteiger partial charge in [0.2, 0.25) is 0 Å². The second-order valence-electron chi connectivity index (χ2n) is 3.88. The Labute approximate surface area is 100 Å². The van der Waals surface area contributed by atoms with Crippen molar-refractivity contribution in [3.63, 3.8) is 0 Å². The van der Waals surface area contributed by atoms with Crippen LogP contribution in [0.5, 0.6) is 0 Å². The van der Waals surface area contributed by atoms with Crippen molar-refractivity contribution in [2.75, 3.05) is 0 Å². The van der Waals surface area contributed by atoms with Crippen molar-refractivity contribution >= 4 is 6.29 Å². The molecule has 0 radical (unpaired) electrons. The summed E-state index contributed by atoms with van der Waals surface area (Å²) >= 11 is 0. The summed E-state index contributed by atoms with van der Waals surface area (Å²) < 4.78 is 1.81. The van der Waals surface area contributed by atoms with E-state index in [0.717, 1.165) is 36.9 Å². The quantitative estimate of drug-likeness (QED) is 0.740. The fourth-order valence-electron chi connectivity index (χ4n) is 1.76. The number of unbranched alkanes of at least 4 members (excludes halogenated alkanes) is 1. The van der Waals surface area contributed by atoms with E-state index in [9.17, 15) is 4.79 Å². The van der Waals surface area contributed by atoms with Gasteiger partial charge in [0, 0.05) is 12.1 Å². The van der Waals surface area contributed by atoms with E-state index in [0.29, 0.717) is 5.69 Å². The molecule has 1 aromatic heterocycles. The number of carbonyl (C=O) groups excluding carboxylic acids is 1. The summed E-state index contributed by atoms with van der Waals surface area (Å²) in [7, 11) is 0. The lowest BCUT2D eigenvalue weighted by atomic mass is 10.1. The summed E-state index contributed by atoms with van der Waals surface area (Å²) in [6.07, 6.45) is 2.88. The van der Waals surface area contributed by atoms with Crippen molar-refractivity contribution in [2.45, 2.75) is 26.3 Å². The third kappa shape index (κ3) is 2.41. The van der Waals surface area contributed by atoms with E-state index in [1.807, 2.05) is 35.0 Å². The maximum atomic E-state index is 11.0. The van der Waals surface area contributed by atoms with Crippen LogP contribution < -0.4 is 0 Å². The Balaban J connectivity index is 2.42. The van der Waals surface area contributed by atoms with Crippen molar-refractivity contribution < 1.29 is 4.79 Å². The number of hydrogen-bond acceptors (Lipinski definition) is 3. The fourth-order valence-corrected chi connectivity index (χ4v) is 1.76. The first kappa shape index (κ1) is 11.5. The highest BCUT2D eigenvalue weighted by Gasteiger charge is 2.13. The van der Waals surface area contributed by atoms with Crippen molar-refractivity contribution in [2.24, 2.45) is 0 Å². The van der Waals surface area contributed by atoms with Gasteiger partial charge in [0.1, 0.15) is 0 Å². The van der Waals surface area contributed by atoms with Crippen LogP contribution in [0, 0.1) is 0 Å². The molecule has 0 fully saturated rings. The van der Waals surface area contributed by atoms with Gasteiger partial charge in [-0.15, -0.1) is 5.10 Å². The van der Waals surface area contributed by atoms with Gasteiger partial charge in [0.05, 0.1) is 5.69 Å². The highest BCUT2D eigenvalue weighted by Crippen LogP contribution is 2.21. The molecule has 0 saturated carbocycles. The molecule has 0 spiro atoms. The third-order valence-electron chi connectivity index (χ3n) is 2.64. The van der Waals surface area contributed by atoms with Gasteiger partial charge >= 0.3 is 0 Å². The zero-order chi connectivity index (χ0) is 12.1. The summed E-state index contributed by atoms with van der Waals surface area (Å²) in [6.45, 7) is 2.92. The third-order valence-corrected chi connectivity index (χ3v) is 2.64. The number of aromatic nitrogens is 3. The summed E-state index contributed by atoms with van der Waals surface area (Å²) in [5.74, 6) is 0. The average molecular weight is 229 g/mol. The van der Waals surface area contributed by atoms with E-state index in [1.54, 1.807) is 0 Å². The Bertz CT molecular complexity index is 491. The lowest BCUT2D eigenvalue weighted by Crippen LogP contribution is -2.02. The van der Waals surface area contributed by atoms with Crippen LogP contribution in [-0.4, -0.2) is 21.3 Å². The van der Waals surface area contributed by atoms with E-state index < -0.39 is 0 Å². The summed E-state index contributed by atoms with van der Waals surface area (Å²) in [5, 5.41) is 7.95. The van der Waals surface area contributed by atoms with Gasteiger partial charge in [-0.2, -0.15) is 0 Å². The molecule has 17 heavy (non-hydrogen) atoms. The Hall–Kier alpha value is -1.97. The van der Waals surface area contributed by atoms with Crippen LogP contribution in [0.15, 0.2) is 30.3 Å². The highest BCUT2D eigenvalue weighted by molar-refractivity contribution is 5.83. The second-order valence-corrected chi connectivity index (χ2v) is 3.88. The Morgan fingerprint density at radius 2 is 2.06 bits per heavy atom. The molecular formula is C13H15N3O. The van der Waals surface area contributed by atoms with Crippen molar-refractivity contribution in [3.05, 3.63) is 36.0 Å². The Morgan fingerprint density at radius 1 is 1.29 bits per heavy atom. The fraction of sp³-hybridized carbons (Fsp3) is 0.308. The van der Waals surface area contributed by atoms with Gasteiger partial charge in [-0.3, -0.25) is 4.79 Å². The van der Waals surface area contributed by atoms with Crippen LogP contribution in [0.2, 0.25) is 0 Å². The number of aryl methyl sites for hydroxylation is 1. The lowest BCUT2D eigenvalue weighted by Gasteiger charge is -2.05. The van der Waals surface area contributed by atoms with Crippen LogP contribution in [-0.2, 0) is 6.54 Å². The number of hydrogen-bond donors (Lipinski definition) is 0. The highest BCUT2D eigenvalue weighted by atomic mass is 16.1. The van der Waals surface area contributed by atoms with E-state index in [-0.39, 0.29) is 0 Å². The first-order valence-electron chi connectivity index (χ1n) is 5.81. The summed E-state index contributed by atoms with van der Waals surface area (Å²) in [4.78, 5) is 11.0. The minimum absolute atomic E-state index is 0.410. The van der Waals surface area contributed by atoms with Crippen LogP contribution in [0.25, 0.3) is 11.3 Å². The molecule has 0 amide bonds. The predicted octanol–water partition coefficient (Wildman–Crippen LogP) is 2.56. The molecule has 0 aliphatic carbocycles. The van der Waals surface area contributed by atoms with Gasteiger partial charge in [-0.05, 0) is 6.42 Å². The summed E-state index contributed by atoms with van der Waals surface area (Å²) in [6, 6.07) is 9.77. The molecule has 0 aliphatic rings. The zero-order valence-electron chi connectivity index (χ0n) is 9.84. The summed E-state index contributed by atoms with van der Waals surface area (Å²) in [5.41, 5.74) is 2.21. The number of rotatable bonds is 5.